The number of carbonyl (C=O) groups excluding carboxylic acids is 1. The Kier molecular flexibility index (Phi) is 6.12. The number of nitrogens with zero attached hydrogens (tertiary/aromatic N) is 2. The molecular weight excluding hydrogens is 464 g/mol. The lowest BCUT2D eigenvalue weighted by atomic mass is 9.92. The highest BCUT2D eigenvalue weighted by molar-refractivity contribution is 7.88. The minimum absolute atomic E-state index is 0.0359. The quantitative estimate of drug-likeness (QED) is 0.596. The highest BCUT2D eigenvalue weighted by Gasteiger charge is 2.48. The number of alkyl halides is 3. The van der Waals surface area contributed by atoms with Gasteiger partial charge in [0.15, 0.2) is 0 Å². The maximum Gasteiger partial charge on any atom is 0.416 e. The largest absolute Gasteiger partial charge is 0.441 e. The van der Waals surface area contributed by atoms with E-state index in [9.17, 15) is 30.8 Å². The van der Waals surface area contributed by atoms with Gasteiger partial charge in [-0.05, 0) is 29.3 Å². The standard InChI is InChI=1S/C22H22F4N2O4S/c23-18-7-5-16(6-8-18)13-27-15-21(32-20(27)29)9-11-28(12-10-21)33(30,31)14-17-3-1-2-4-19(17)22(24,25)26/h1-8H,9-15H2. The summed E-state index contributed by atoms with van der Waals surface area (Å²) in [7, 11) is -4.00. The second kappa shape index (κ2) is 8.60. The zero-order chi connectivity index (χ0) is 23.9. The highest BCUT2D eigenvalue weighted by atomic mass is 32.2. The van der Waals surface area contributed by atoms with Crippen LogP contribution in [0.3, 0.4) is 0 Å². The van der Waals surface area contributed by atoms with Crippen molar-refractivity contribution in [1.29, 1.82) is 0 Å². The van der Waals surface area contributed by atoms with Gasteiger partial charge >= 0.3 is 12.3 Å². The van der Waals surface area contributed by atoms with Crippen molar-refractivity contribution in [3.05, 3.63) is 71.0 Å². The lowest BCUT2D eigenvalue weighted by Gasteiger charge is -2.36. The molecule has 178 valence electrons. The molecule has 2 aromatic rings. The third-order valence-electron chi connectivity index (χ3n) is 6.02. The van der Waals surface area contributed by atoms with Crippen LogP contribution in [0.4, 0.5) is 22.4 Å². The molecule has 0 unspecified atom stereocenters. The van der Waals surface area contributed by atoms with Gasteiger partial charge in [-0.2, -0.15) is 13.2 Å². The molecule has 6 nitrogen and oxygen atoms in total. The number of benzene rings is 2. The van der Waals surface area contributed by atoms with E-state index in [2.05, 4.69) is 0 Å². The van der Waals surface area contributed by atoms with Crippen molar-refractivity contribution in [2.45, 2.75) is 36.9 Å². The first-order valence-electron chi connectivity index (χ1n) is 10.3. The van der Waals surface area contributed by atoms with Crippen LogP contribution in [0.5, 0.6) is 0 Å². The van der Waals surface area contributed by atoms with Crippen molar-refractivity contribution in [1.82, 2.24) is 9.21 Å². The maximum absolute atomic E-state index is 13.2. The number of piperidine rings is 1. The lowest BCUT2D eigenvalue weighted by molar-refractivity contribution is -0.138. The number of carbonyl (C=O) groups is 1. The third-order valence-corrected chi connectivity index (χ3v) is 7.84. The number of rotatable bonds is 5. The molecule has 0 aliphatic carbocycles. The van der Waals surface area contributed by atoms with Gasteiger partial charge in [-0.1, -0.05) is 30.3 Å². The first-order chi connectivity index (χ1) is 15.5. The number of sulfonamides is 1. The summed E-state index contributed by atoms with van der Waals surface area (Å²) >= 11 is 0. The van der Waals surface area contributed by atoms with Crippen LogP contribution < -0.4 is 0 Å². The molecule has 0 bridgehead atoms. The Labute approximate surface area is 188 Å². The number of amides is 1. The molecule has 4 rings (SSSR count). The van der Waals surface area contributed by atoms with E-state index in [-0.39, 0.29) is 50.4 Å². The Bertz CT molecular complexity index is 1130. The highest BCUT2D eigenvalue weighted by Crippen LogP contribution is 2.36. The minimum atomic E-state index is -4.65. The molecule has 0 aromatic heterocycles. The topological polar surface area (TPSA) is 66.9 Å². The second-order valence-corrected chi connectivity index (χ2v) is 10.3. The van der Waals surface area contributed by atoms with Crippen LogP contribution in [0.25, 0.3) is 0 Å². The van der Waals surface area contributed by atoms with Gasteiger partial charge < -0.3 is 4.74 Å². The predicted octanol–water partition coefficient (Wildman–Crippen LogP) is 4.16. The summed E-state index contributed by atoms with van der Waals surface area (Å²) in [6.07, 6.45) is -4.71. The maximum atomic E-state index is 13.2. The summed E-state index contributed by atoms with van der Waals surface area (Å²) in [5.41, 5.74) is -1.40. The minimum Gasteiger partial charge on any atom is -0.441 e. The predicted molar refractivity (Wildman–Crippen MR) is 111 cm³/mol. The molecule has 0 N–H and O–H groups in total. The Morgan fingerprint density at radius 2 is 1.64 bits per heavy atom. The van der Waals surface area contributed by atoms with Gasteiger partial charge in [0.25, 0.3) is 0 Å². The normalized spacial score (nSPS) is 19.2. The van der Waals surface area contributed by atoms with Crippen LogP contribution in [0.1, 0.15) is 29.5 Å². The van der Waals surface area contributed by atoms with Crippen LogP contribution in [0.2, 0.25) is 0 Å². The summed E-state index contributed by atoms with van der Waals surface area (Å²) in [5.74, 6) is -1.14. The van der Waals surface area contributed by atoms with Gasteiger partial charge in [0.05, 0.1) is 17.9 Å². The summed E-state index contributed by atoms with van der Waals surface area (Å²) < 4.78 is 85.2. The van der Waals surface area contributed by atoms with E-state index in [4.69, 9.17) is 4.74 Å². The zero-order valence-corrected chi connectivity index (χ0v) is 18.3. The van der Waals surface area contributed by atoms with Gasteiger partial charge in [0, 0.05) is 32.5 Å². The van der Waals surface area contributed by atoms with E-state index in [0.29, 0.717) is 0 Å². The van der Waals surface area contributed by atoms with Crippen LogP contribution in [-0.4, -0.2) is 49.0 Å². The molecule has 2 aliphatic rings. The first-order valence-corrected chi connectivity index (χ1v) is 11.9. The smallest absolute Gasteiger partial charge is 0.416 e. The fraction of sp³-hybridized carbons (Fsp3) is 0.409. The van der Waals surface area contributed by atoms with E-state index in [0.717, 1.165) is 22.0 Å². The Hall–Kier alpha value is -2.66. The summed E-state index contributed by atoms with van der Waals surface area (Å²) in [6, 6.07) is 10.4. The van der Waals surface area contributed by atoms with Gasteiger partial charge in [-0.25, -0.2) is 21.9 Å². The number of halogens is 4. The van der Waals surface area contributed by atoms with Crippen LogP contribution in [-0.2, 0) is 33.2 Å². The fourth-order valence-corrected chi connectivity index (χ4v) is 5.83. The van der Waals surface area contributed by atoms with Crippen molar-refractivity contribution >= 4 is 16.1 Å². The molecule has 1 amide bonds. The molecule has 0 radical (unpaired) electrons. The molecule has 2 aliphatic heterocycles. The summed E-state index contributed by atoms with van der Waals surface area (Å²) in [4.78, 5) is 13.8. The second-order valence-electron chi connectivity index (χ2n) is 8.34. The molecule has 2 fully saturated rings. The van der Waals surface area contributed by atoms with E-state index >= 15 is 0 Å². The van der Waals surface area contributed by atoms with Crippen molar-refractivity contribution in [2.24, 2.45) is 0 Å². The van der Waals surface area contributed by atoms with Crippen LogP contribution >= 0.6 is 0 Å². The number of ether oxygens (including phenoxy) is 1. The van der Waals surface area contributed by atoms with Crippen molar-refractivity contribution < 1.29 is 35.5 Å². The molecule has 0 atom stereocenters. The average Bonchev–Trinajstić information content (AvgIpc) is 3.03. The molecule has 2 aromatic carbocycles. The van der Waals surface area contributed by atoms with Gasteiger partial charge in [-0.3, -0.25) is 4.90 Å². The van der Waals surface area contributed by atoms with E-state index < -0.39 is 39.2 Å². The molecule has 11 heteroatoms. The summed E-state index contributed by atoms with van der Waals surface area (Å²) in [6.45, 7) is 0.563. The van der Waals surface area contributed by atoms with Gasteiger partial charge in [0.1, 0.15) is 11.4 Å². The molecule has 2 heterocycles. The zero-order valence-electron chi connectivity index (χ0n) is 17.5. The molecule has 0 saturated carbocycles. The number of hydrogen-bond acceptors (Lipinski definition) is 4. The van der Waals surface area contributed by atoms with Crippen molar-refractivity contribution in [3.63, 3.8) is 0 Å². The monoisotopic (exact) mass is 486 g/mol. The Balaban J connectivity index is 1.40. The third kappa shape index (κ3) is 5.14. The van der Waals surface area contributed by atoms with Gasteiger partial charge in [0.2, 0.25) is 10.0 Å². The van der Waals surface area contributed by atoms with Crippen LogP contribution in [0, 0.1) is 5.82 Å². The molecule has 1 spiro atoms. The van der Waals surface area contributed by atoms with Crippen molar-refractivity contribution in [3.8, 4) is 0 Å². The van der Waals surface area contributed by atoms with E-state index in [1.54, 1.807) is 12.1 Å². The Morgan fingerprint density at radius 1 is 1.00 bits per heavy atom. The first kappa shape index (κ1) is 23.5. The number of hydrogen-bond donors (Lipinski definition) is 0. The SMILES string of the molecule is O=C1OC2(CCN(S(=O)(=O)Cc3ccccc3C(F)(F)F)CC2)CN1Cc1ccc(F)cc1. The average molecular weight is 486 g/mol. The summed E-state index contributed by atoms with van der Waals surface area (Å²) in [5, 5.41) is 0. The van der Waals surface area contributed by atoms with Gasteiger partial charge in [-0.15, -0.1) is 0 Å². The van der Waals surface area contributed by atoms with E-state index in [1.807, 2.05) is 0 Å². The lowest BCUT2D eigenvalue weighted by Crippen LogP contribution is -2.48. The Morgan fingerprint density at radius 3 is 2.27 bits per heavy atom. The van der Waals surface area contributed by atoms with Crippen molar-refractivity contribution in [2.75, 3.05) is 19.6 Å². The molecular formula is C22H22F4N2O4S. The van der Waals surface area contributed by atoms with E-state index in [1.165, 1.54) is 29.2 Å². The fourth-order valence-electron chi connectivity index (χ4n) is 4.27. The molecule has 33 heavy (non-hydrogen) atoms. The van der Waals surface area contributed by atoms with Crippen LogP contribution in [0.15, 0.2) is 48.5 Å². The molecule has 2 saturated heterocycles.